The Bertz CT molecular complexity index is 491. The average Bonchev–Trinajstić information content (AvgIpc) is 2.73. The lowest BCUT2D eigenvalue weighted by Crippen LogP contribution is -2.41. The Morgan fingerprint density at radius 3 is 2.60 bits per heavy atom. The topological polar surface area (TPSA) is 58.4 Å². The van der Waals surface area contributed by atoms with Crippen molar-refractivity contribution in [1.82, 2.24) is 14.7 Å². The summed E-state index contributed by atoms with van der Waals surface area (Å²) in [7, 11) is 1.75. The predicted molar refractivity (Wildman–Crippen MR) is 77.9 cm³/mol. The number of piperidine rings is 1. The van der Waals surface area contributed by atoms with E-state index in [1.165, 1.54) is 0 Å². The van der Waals surface area contributed by atoms with E-state index in [0.717, 1.165) is 18.5 Å². The number of rotatable bonds is 3. The molecule has 1 unspecified atom stereocenters. The minimum atomic E-state index is -0.305. The second-order valence-electron chi connectivity index (χ2n) is 5.46. The van der Waals surface area contributed by atoms with Crippen molar-refractivity contribution in [1.29, 1.82) is 0 Å². The molecule has 20 heavy (non-hydrogen) atoms. The van der Waals surface area contributed by atoms with Crippen molar-refractivity contribution in [3.05, 3.63) is 16.4 Å². The molecule has 0 aromatic carbocycles. The highest BCUT2D eigenvalue weighted by Gasteiger charge is 2.29. The van der Waals surface area contributed by atoms with Crippen molar-refractivity contribution >= 4 is 17.5 Å². The van der Waals surface area contributed by atoms with Crippen LogP contribution in [0.4, 0.5) is 0 Å². The molecule has 1 aromatic heterocycles. The number of aliphatic hydroxyl groups excluding tert-OH is 1. The molecule has 1 fully saturated rings. The first-order valence-corrected chi connectivity index (χ1v) is 7.52. The Balaban J connectivity index is 2.13. The van der Waals surface area contributed by atoms with Crippen molar-refractivity contribution in [2.75, 3.05) is 13.1 Å². The largest absolute Gasteiger partial charge is 0.393 e. The SMILES string of the molecule is CCc1nn(C)c(Cl)c1C(=O)N1CCC(C(C)O)CC1. The number of hydrogen-bond donors (Lipinski definition) is 1. The van der Waals surface area contributed by atoms with Crippen LogP contribution in [0.25, 0.3) is 0 Å². The number of halogens is 1. The monoisotopic (exact) mass is 299 g/mol. The predicted octanol–water partition coefficient (Wildman–Crippen LogP) is 1.87. The normalized spacial score (nSPS) is 18.4. The molecule has 2 heterocycles. The maximum Gasteiger partial charge on any atom is 0.258 e. The summed E-state index contributed by atoms with van der Waals surface area (Å²) < 4.78 is 1.55. The fourth-order valence-electron chi connectivity index (χ4n) is 2.76. The maximum absolute atomic E-state index is 12.6. The summed E-state index contributed by atoms with van der Waals surface area (Å²) >= 11 is 6.20. The molecule has 1 aliphatic rings. The molecule has 0 spiro atoms. The van der Waals surface area contributed by atoms with Crippen LogP contribution in [-0.2, 0) is 13.5 Å². The van der Waals surface area contributed by atoms with E-state index in [1.807, 2.05) is 18.7 Å². The van der Waals surface area contributed by atoms with Gasteiger partial charge in [-0.05, 0) is 32.1 Å². The van der Waals surface area contributed by atoms with E-state index in [4.69, 9.17) is 11.6 Å². The van der Waals surface area contributed by atoms with Gasteiger partial charge in [-0.1, -0.05) is 18.5 Å². The first-order valence-electron chi connectivity index (χ1n) is 7.14. The van der Waals surface area contributed by atoms with E-state index in [2.05, 4.69) is 5.10 Å². The summed E-state index contributed by atoms with van der Waals surface area (Å²) in [6.45, 7) is 5.12. The second-order valence-corrected chi connectivity index (χ2v) is 5.82. The van der Waals surface area contributed by atoms with E-state index < -0.39 is 0 Å². The van der Waals surface area contributed by atoms with Gasteiger partial charge in [0, 0.05) is 20.1 Å². The molecule has 0 saturated carbocycles. The standard InChI is InChI=1S/C14H22ClN3O2/c1-4-11-12(13(15)17(3)16-11)14(20)18-7-5-10(6-8-18)9(2)19/h9-10,19H,4-8H2,1-3H3. The van der Waals surface area contributed by atoms with Crippen LogP contribution in [0.15, 0.2) is 0 Å². The van der Waals surface area contributed by atoms with Crippen LogP contribution in [0.3, 0.4) is 0 Å². The number of carbonyl (C=O) groups excluding carboxylic acids is 1. The smallest absolute Gasteiger partial charge is 0.258 e. The molecule has 0 radical (unpaired) electrons. The third-order valence-corrected chi connectivity index (χ3v) is 4.54. The van der Waals surface area contributed by atoms with Crippen LogP contribution in [0.2, 0.25) is 5.15 Å². The zero-order valence-corrected chi connectivity index (χ0v) is 13.0. The van der Waals surface area contributed by atoms with E-state index in [0.29, 0.717) is 30.2 Å². The number of aromatic nitrogens is 2. The minimum absolute atomic E-state index is 0.0380. The van der Waals surface area contributed by atoms with Gasteiger partial charge in [0.05, 0.1) is 17.4 Å². The number of aliphatic hydroxyl groups is 1. The summed E-state index contributed by atoms with van der Waals surface area (Å²) in [5.74, 6) is 0.248. The summed E-state index contributed by atoms with van der Waals surface area (Å²) in [6, 6.07) is 0. The van der Waals surface area contributed by atoms with E-state index in [9.17, 15) is 9.90 Å². The minimum Gasteiger partial charge on any atom is -0.393 e. The highest BCUT2D eigenvalue weighted by molar-refractivity contribution is 6.33. The highest BCUT2D eigenvalue weighted by atomic mass is 35.5. The third kappa shape index (κ3) is 2.83. The van der Waals surface area contributed by atoms with Crippen molar-refractivity contribution < 1.29 is 9.90 Å². The number of carbonyl (C=O) groups is 1. The second kappa shape index (κ2) is 6.14. The Morgan fingerprint density at radius 2 is 2.10 bits per heavy atom. The van der Waals surface area contributed by atoms with Gasteiger partial charge in [0.15, 0.2) is 0 Å². The van der Waals surface area contributed by atoms with Gasteiger partial charge in [-0.3, -0.25) is 9.48 Å². The van der Waals surface area contributed by atoms with Gasteiger partial charge in [-0.15, -0.1) is 0 Å². The fourth-order valence-corrected chi connectivity index (χ4v) is 2.99. The Kier molecular flexibility index (Phi) is 4.70. The molecule has 1 saturated heterocycles. The molecular weight excluding hydrogens is 278 g/mol. The molecule has 1 amide bonds. The molecule has 112 valence electrons. The van der Waals surface area contributed by atoms with Crippen LogP contribution in [-0.4, -0.2) is 44.9 Å². The molecule has 1 aromatic rings. The Labute approximate surface area is 124 Å². The average molecular weight is 300 g/mol. The number of amides is 1. The van der Waals surface area contributed by atoms with Gasteiger partial charge >= 0.3 is 0 Å². The molecule has 0 aliphatic carbocycles. The van der Waals surface area contributed by atoms with Gasteiger partial charge in [0.1, 0.15) is 5.15 Å². The first kappa shape index (κ1) is 15.3. The first-order chi connectivity index (χ1) is 9.45. The number of likely N-dealkylation sites (tertiary alicyclic amines) is 1. The summed E-state index contributed by atoms with van der Waals surface area (Å²) in [5.41, 5.74) is 1.28. The Hall–Kier alpha value is -1.07. The van der Waals surface area contributed by atoms with E-state index in [-0.39, 0.29) is 17.9 Å². The quantitative estimate of drug-likeness (QED) is 0.927. The lowest BCUT2D eigenvalue weighted by Gasteiger charge is -2.33. The molecule has 2 rings (SSSR count). The zero-order valence-electron chi connectivity index (χ0n) is 12.3. The lowest BCUT2D eigenvalue weighted by molar-refractivity contribution is 0.0520. The van der Waals surface area contributed by atoms with Crippen LogP contribution >= 0.6 is 11.6 Å². The lowest BCUT2D eigenvalue weighted by atomic mass is 9.92. The third-order valence-electron chi connectivity index (χ3n) is 4.11. The van der Waals surface area contributed by atoms with Gasteiger partial charge in [-0.25, -0.2) is 0 Å². The molecule has 6 heteroatoms. The molecule has 1 aliphatic heterocycles. The van der Waals surface area contributed by atoms with Crippen molar-refractivity contribution in [2.24, 2.45) is 13.0 Å². The van der Waals surface area contributed by atoms with Crippen molar-refractivity contribution in [2.45, 2.75) is 39.2 Å². The molecule has 0 bridgehead atoms. The summed E-state index contributed by atoms with van der Waals surface area (Å²) in [6.07, 6.45) is 2.05. The van der Waals surface area contributed by atoms with Gasteiger partial charge in [0.25, 0.3) is 5.91 Å². The molecule has 1 atom stereocenters. The highest BCUT2D eigenvalue weighted by Crippen LogP contribution is 2.26. The van der Waals surface area contributed by atoms with Crippen LogP contribution in [0.5, 0.6) is 0 Å². The van der Waals surface area contributed by atoms with Crippen molar-refractivity contribution in [3.63, 3.8) is 0 Å². The van der Waals surface area contributed by atoms with E-state index in [1.54, 1.807) is 11.7 Å². The van der Waals surface area contributed by atoms with Gasteiger partial charge in [-0.2, -0.15) is 5.10 Å². The van der Waals surface area contributed by atoms with Crippen molar-refractivity contribution in [3.8, 4) is 0 Å². The van der Waals surface area contributed by atoms with Crippen LogP contribution < -0.4 is 0 Å². The molecular formula is C14H22ClN3O2. The number of aryl methyl sites for hydroxylation is 2. The fraction of sp³-hybridized carbons (Fsp3) is 0.714. The summed E-state index contributed by atoms with van der Waals surface area (Å²) in [4.78, 5) is 14.4. The maximum atomic E-state index is 12.6. The zero-order chi connectivity index (χ0) is 14.9. The van der Waals surface area contributed by atoms with E-state index >= 15 is 0 Å². The number of nitrogens with zero attached hydrogens (tertiary/aromatic N) is 3. The van der Waals surface area contributed by atoms with Crippen LogP contribution in [0, 0.1) is 5.92 Å². The van der Waals surface area contributed by atoms with Crippen LogP contribution in [0.1, 0.15) is 42.7 Å². The Morgan fingerprint density at radius 1 is 1.50 bits per heavy atom. The van der Waals surface area contributed by atoms with Gasteiger partial charge < -0.3 is 10.0 Å². The number of hydrogen-bond acceptors (Lipinski definition) is 3. The van der Waals surface area contributed by atoms with Gasteiger partial charge in [0.2, 0.25) is 0 Å². The molecule has 5 nitrogen and oxygen atoms in total. The summed E-state index contributed by atoms with van der Waals surface area (Å²) in [5, 5.41) is 14.3. The molecule has 1 N–H and O–H groups in total.